The van der Waals surface area contributed by atoms with E-state index in [1.807, 2.05) is 11.0 Å². The number of halogens is 1. The van der Waals surface area contributed by atoms with Crippen LogP contribution in [0.5, 0.6) is 0 Å². The number of carbonyl (C=O) groups excluding carboxylic acids is 1. The van der Waals surface area contributed by atoms with Gasteiger partial charge in [0.25, 0.3) is 5.91 Å². The fourth-order valence-electron chi connectivity index (χ4n) is 2.62. The second kappa shape index (κ2) is 6.38. The summed E-state index contributed by atoms with van der Waals surface area (Å²) in [7, 11) is 0. The molecule has 3 nitrogen and oxygen atoms in total. The molecule has 1 unspecified atom stereocenters. The highest BCUT2D eigenvalue weighted by Gasteiger charge is 2.24. The van der Waals surface area contributed by atoms with E-state index in [0.29, 0.717) is 16.8 Å². The van der Waals surface area contributed by atoms with Gasteiger partial charge in [-0.3, -0.25) is 4.79 Å². The molecular weight excluding hydrogens is 260 g/mol. The van der Waals surface area contributed by atoms with Crippen LogP contribution in [0.25, 0.3) is 0 Å². The van der Waals surface area contributed by atoms with E-state index in [9.17, 15) is 4.79 Å². The highest BCUT2D eigenvalue weighted by Crippen LogP contribution is 2.21. The normalized spacial score (nSPS) is 19.5. The quantitative estimate of drug-likeness (QED) is 0.791. The maximum atomic E-state index is 12.6. The summed E-state index contributed by atoms with van der Waals surface area (Å²) in [6.45, 7) is 5.06. The number of amides is 1. The van der Waals surface area contributed by atoms with E-state index in [2.05, 4.69) is 18.8 Å². The maximum Gasteiger partial charge on any atom is 0.254 e. The molecule has 2 heterocycles. The van der Waals surface area contributed by atoms with Crippen LogP contribution in [0.4, 0.5) is 0 Å². The monoisotopic (exact) mass is 280 g/mol. The van der Waals surface area contributed by atoms with Gasteiger partial charge in [0.1, 0.15) is 5.15 Å². The first kappa shape index (κ1) is 14.3. The average Bonchev–Trinajstić information content (AvgIpc) is 2.38. The highest BCUT2D eigenvalue weighted by atomic mass is 35.5. The van der Waals surface area contributed by atoms with Crippen molar-refractivity contribution in [2.75, 3.05) is 6.54 Å². The van der Waals surface area contributed by atoms with Crippen molar-refractivity contribution in [2.24, 2.45) is 0 Å². The molecular formula is C15H21ClN2O. The van der Waals surface area contributed by atoms with Gasteiger partial charge in [-0.1, -0.05) is 24.9 Å². The number of pyridine rings is 1. The Bertz CT molecular complexity index is 461. The number of nitrogens with zero attached hydrogens (tertiary/aromatic N) is 2. The Kier molecular flexibility index (Phi) is 4.81. The number of likely N-dealkylation sites (tertiary alicyclic amines) is 1. The zero-order chi connectivity index (χ0) is 13.8. The first-order valence-corrected chi connectivity index (χ1v) is 7.47. The largest absolute Gasteiger partial charge is 0.336 e. The van der Waals surface area contributed by atoms with Crippen molar-refractivity contribution in [1.29, 1.82) is 0 Å². The number of hydrogen-bond acceptors (Lipinski definition) is 2. The van der Waals surface area contributed by atoms with Gasteiger partial charge >= 0.3 is 0 Å². The molecule has 4 heteroatoms. The molecule has 0 aromatic carbocycles. The number of aromatic nitrogens is 1. The summed E-state index contributed by atoms with van der Waals surface area (Å²) in [5.74, 6) is 0.0915. The van der Waals surface area contributed by atoms with Gasteiger partial charge in [-0.2, -0.15) is 0 Å². The second-order valence-corrected chi connectivity index (χ2v) is 5.65. The lowest BCUT2D eigenvalue weighted by Gasteiger charge is -2.33. The number of hydrogen-bond donors (Lipinski definition) is 0. The molecule has 0 spiro atoms. The molecule has 0 radical (unpaired) electrons. The summed E-state index contributed by atoms with van der Waals surface area (Å²) in [5.41, 5.74) is 1.58. The molecule has 0 saturated carbocycles. The smallest absolute Gasteiger partial charge is 0.254 e. The van der Waals surface area contributed by atoms with E-state index in [0.717, 1.165) is 37.9 Å². The van der Waals surface area contributed by atoms with Crippen LogP contribution in [0, 0.1) is 0 Å². The number of carbonyl (C=O) groups is 1. The topological polar surface area (TPSA) is 33.2 Å². The molecule has 2 rings (SSSR count). The minimum absolute atomic E-state index is 0.0915. The maximum absolute atomic E-state index is 12.6. The summed E-state index contributed by atoms with van der Waals surface area (Å²) >= 11 is 6.02. The van der Waals surface area contributed by atoms with Gasteiger partial charge < -0.3 is 4.90 Å². The molecule has 1 aromatic rings. The Morgan fingerprint density at radius 1 is 1.47 bits per heavy atom. The van der Waals surface area contributed by atoms with E-state index < -0.39 is 0 Å². The Hall–Kier alpha value is -1.09. The molecule has 1 saturated heterocycles. The molecule has 0 aliphatic carbocycles. The van der Waals surface area contributed by atoms with Crippen molar-refractivity contribution < 1.29 is 4.79 Å². The highest BCUT2D eigenvalue weighted by molar-refractivity contribution is 6.29. The number of rotatable bonds is 3. The Morgan fingerprint density at radius 2 is 2.26 bits per heavy atom. The Labute approximate surface area is 120 Å². The molecule has 1 aromatic heterocycles. The molecule has 19 heavy (non-hydrogen) atoms. The van der Waals surface area contributed by atoms with Crippen LogP contribution in [0.2, 0.25) is 5.15 Å². The summed E-state index contributed by atoms with van der Waals surface area (Å²) in [6.07, 6.45) is 5.25. The fourth-order valence-corrected chi connectivity index (χ4v) is 2.85. The zero-order valence-corrected chi connectivity index (χ0v) is 12.4. The Balaban J connectivity index is 2.22. The molecule has 104 valence electrons. The number of aryl methyl sites for hydroxylation is 1. The van der Waals surface area contributed by atoms with E-state index in [-0.39, 0.29) is 5.91 Å². The van der Waals surface area contributed by atoms with Gasteiger partial charge in [-0.15, -0.1) is 0 Å². The molecule has 1 aliphatic heterocycles. The summed E-state index contributed by atoms with van der Waals surface area (Å²) < 4.78 is 0. The lowest BCUT2D eigenvalue weighted by molar-refractivity contribution is 0.0635. The minimum atomic E-state index is 0.0915. The van der Waals surface area contributed by atoms with Gasteiger partial charge in [0.2, 0.25) is 0 Å². The van der Waals surface area contributed by atoms with Crippen LogP contribution in [-0.2, 0) is 6.42 Å². The first-order valence-electron chi connectivity index (χ1n) is 7.09. The Morgan fingerprint density at radius 3 is 2.95 bits per heavy atom. The van der Waals surface area contributed by atoms with E-state index in [1.165, 1.54) is 6.42 Å². The van der Waals surface area contributed by atoms with Crippen LogP contribution < -0.4 is 0 Å². The van der Waals surface area contributed by atoms with E-state index in [1.54, 1.807) is 6.07 Å². The standard InChI is InChI=1S/C15H21ClN2O/c1-3-6-13-9-12(10-14(16)17-13)15(19)18-8-5-4-7-11(18)2/h9-11H,3-8H2,1-2H3. The van der Waals surface area contributed by atoms with E-state index in [4.69, 9.17) is 11.6 Å². The minimum Gasteiger partial charge on any atom is -0.336 e. The first-order chi connectivity index (χ1) is 9.11. The van der Waals surface area contributed by atoms with Crippen LogP contribution in [0.3, 0.4) is 0 Å². The molecule has 1 amide bonds. The van der Waals surface area contributed by atoms with Crippen molar-refractivity contribution in [3.05, 3.63) is 28.5 Å². The third kappa shape index (κ3) is 3.47. The molecule has 1 fully saturated rings. The van der Waals surface area contributed by atoms with Crippen molar-refractivity contribution in [1.82, 2.24) is 9.88 Å². The fraction of sp³-hybridized carbons (Fsp3) is 0.600. The van der Waals surface area contributed by atoms with Crippen LogP contribution in [0.15, 0.2) is 12.1 Å². The second-order valence-electron chi connectivity index (χ2n) is 5.26. The average molecular weight is 281 g/mol. The van der Waals surface area contributed by atoms with E-state index >= 15 is 0 Å². The van der Waals surface area contributed by atoms with Crippen LogP contribution >= 0.6 is 11.6 Å². The lowest BCUT2D eigenvalue weighted by Crippen LogP contribution is -2.42. The number of piperidine rings is 1. The van der Waals surface area contributed by atoms with Crippen molar-refractivity contribution >= 4 is 17.5 Å². The molecule has 1 atom stereocenters. The summed E-state index contributed by atoms with van der Waals surface area (Å²) in [6, 6.07) is 3.89. The van der Waals surface area contributed by atoms with Gasteiger partial charge in [0, 0.05) is 23.8 Å². The van der Waals surface area contributed by atoms with Crippen molar-refractivity contribution in [2.45, 2.75) is 52.0 Å². The van der Waals surface area contributed by atoms with Crippen LogP contribution in [0.1, 0.15) is 55.6 Å². The predicted molar refractivity (Wildman–Crippen MR) is 77.6 cm³/mol. The van der Waals surface area contributed by atoms with Crippen molar-refractivity contribution in [3.63, 3.8) is 0 Å². The van der Waals surface area contributed by atoms with Gasteiger partial charge in [0.05, 0.1) is 0 Å². The third-order valence-corrected chi connectivity index (χ3v) is 3.86. The van der Waals surface area contributed by atoms with Crippen LogP contribution in [-0.4, -0.2) is 28.4 Å². The molecule has 0 N–H and O–H groups in total. The van der Waals surface area contributed by atoms with Gasteiger partial charge in [-0.25, -0.2) is 4.98 Å². The predicted octanol–water partition coefficient (Wildman–Crippen LogP) is 3.70. The van der Waals surface area contributed by atoms with Crippen molar-refractivity contribution in [3.8, 4) is 0 Å². The molecule has 0 bridgehead atoms. The lowest BCUT2D eigenvalue weighted by atomic mass is 10.0. The van der Waals surface area contributed by atoms with Gasteiger partial charge in [0.15, 0.2) is 0 Å². The zero-order valence-electron chi connectivity index (χ0n) is 11.7. The summed E-state index contributed by atoms with van der Waals surface area (Å²) in [4.78, 5) is 18.8. The third-order valence-electron chi connectivity index (χ3n) is 3.66. The SMILES string of the molecule is CCCc1cc(C(=O)N2CCCCC2C)cc(Cl)n1. The summed E-state index contributed by atoms with van der Waals surface area (Å²) in [5, 5.41) is 0.416. The van der Waals surface area contributed by atoms with Gasteiger partial charge in [-0.05, 0) is 44.7 Å². The molecule has 1 aliphatic rings.